The zero-order valence-electron chi connectivity index (χ0n) is 25.3. The lowest BCUT2D eigenvalue weighted by Crippen LogP contribution is -2.43. The van der Waals surface area contributed by atoms with E-state index in [0.29, 0.717) is 15.8 Å². The Kier molecular flexibility index (Phi) is 9.79. The number of nitrogens with zero attached hydrogens (tertiary/aromatic N) is 5. The fourth-order valence-corrected chi connectivity index (χ4v) is 5.23. The van der Waals surface area contributed by atoms with Crippen molar-refractivity contribution in [3.63, 3.8) is 0 Å². The number of fused-ring (bicyclic) bond motifs is 1. The van der Waals surface area contributed by atoms with E-state index in [2.05, 4.69) is 10.1 Å². The number of benzene rings is 2. The van der Waals surface area contributed by atoms with Gasteiger partial charge < -0.3 is 19.5 Å². The van der Waals surface area contributed by atoms with E-state index in [1.807, 2.05) is 0 Å². The molecule has 0 saturated heterocycles. The zero-order chi connectivity index (χ0) is 32.3. The molecule has 4 rings (SSSR count). The molecule has 13 heteroatoms. The maximum absolute atomic E-state index is 14.8. The van der Waals surface area contributed by atoms with Crippen LogP contribution >= 0.6 is 0 Å². The molecule has 0 aliphatic heterocycles. The zero-order valence-corrected chi connectivity index (χ0v) is 25.3. The molecular weight excluding hydrogens is 582 g/mol. The van der Waals surface area contributed by atoms with Crippen molar-refractivity contribution in [2.75, 3.05) is 41.0 Å². The molecule has 9 nitrogen and oxygen atoms in total. The molecule has 2 aromatic carbocycles. The lowest BCUT2D eigenvalue weighted by Gasteiger charge is -2.32. The topological polar surface area (TPSA) is 92.4 Å². The fraction of sp³-hybridized carbons (Fsp3) is 0.387. The van der Waals surface area contributed by atoms with Crippen LogP contribution in [0.5, 0.6) is 11.5 Å². The molecule has 0 bridgehead atoms. The van der Waals surface area contributed by atoms with Crippen LogP contribution in [0.3, 0.4) is 0 Å². The van der Waals surface area contributed by atoms with Crippen molar-refractivity contribution in [1.82, 2.24) is 24.4 Å². The molecule has 1 amide bonds. The Labute approximate surface area is 252 Å². The largest absolute Gasteiger partial charge is 0.497 e. The number of hydrogen-bond acceptors (Lipinski definition) is 7. The van der Waals surface area contributed by atoms with E-state index in [1.165, 1.54) is 38.2 Å². The predicted octanol–water partition coefficient (Wildman–Crippen LogP) is 5.40. The lowest BCUT2D eigenvalue weighted by atomic mass is 10.0. The molecular formula is C31H35F4N5O4. The number of rotatable bonds is 11. The fourth-order valence-electron chi connectivity index (χ4n) is 5.23. The lowest BCUT2D eigenvalue weighted by molar-refractivity contribution is -0.143. The third-order valence-corrected chi connectivity index (χ3v) is 7.59. The van der Waals surface area contributed by atoms with E-state index >= 15 is 0 Å². The summed E-state index contributed by atoms with van der Waals surface area (Å²) >= 11 is 0. The van der Waals surface area contributed by atoms with E-state index in [4.69, 9.17) is 9.47 Å². The maximum atomic E-state index is 14.8. The standard InChI is InChI=1S/C31H35F4N5O4/c1-18(2)39(15-14-38(4)24(17-41)26-23(32)8-7-9-25(26)44-6)30(42)22-16-36-40-28(31(33,34)35)19(3)27(37-29(22)40)20-10-12-21(43-5)13-11-20/h7-13,16,18,24,41H,14-15,17H2,1-6H3. The van der Waals surface area contributed by atoms with Crippen molar-refractivity contribution < 1.29 is 36.9 Å². The molecule has 1 atom stereocenters. The van der Waals surface area contributed by atoms with Crippen LogP contribution in [0.4, 0.5) is 17.6 Å². The molecule has 1 N–H and O–H groups in total. The van der Waals surface area contributed by atoms with Gasteiger partial charge >= 0.3 is 6.18 Å². The van der Waals surface area contributed by atoms with Crippen molar-refractivity contribution in [2.45, 2.75) is 39.0 Å². The number of ether oxygens (including phenoxy) is 2. The number of carbonyl (C=O) groups is 1. The summed E-state index contributed by atoms with van der Waals surface area (Å²) in [5, 5.41) is 14.1. The monoisotopic (exact) mass is 617 g/mol. The van der Waals surface area contributed by atoms with E-state index in [1.54, 1.807) is 56.1 Å². The predicted molar refractivity (Wildman–Crippen MR) is 156 cm³/mol. The van der Waals surface area contributed by atoms with Gasteiger partial charge in [0.05, 0.1) is 38.8 Å². The highest BCUT2D eigenvalue weighted by Crippen LogP contribution is 2.37. The summed E-state index contributed by atoms with van der Waals surface area (Å²) < 4.78 is 69.0. The van der Waals surface area contributed by atoms with Gasteiger partial charge in [-0.05, 0) is 64.2 Å². The van der Waals surface area contributed by atoms with Gasteiger partial charge in [0.1, 0.15) is 22.9 Å². The second-order valence-electron chi connectivity index (χ2n) is 10.6. The van der Waals surface area contributed by atoms with E-state index in [-0.39, 0.29) is 52.9 Å². The van der Waals surface area contributed by atoms with E-state index in [9.17, 15) is 27.5 Å². The molecule has 1 unspecified atom stereocenters. The van der Waals surface area contributed by atoms with Crippen LogP contribution in [0.25, 0.3) is 16.9 Å². The van der Waals surface area contributed by atoms with Crippen molar-refractivity contribution in [1.29, 1.82) is 0 Å². The van der Waals surface area contributed by atoms with Gasteiger partial charge in [-0.2, -0.15) is 18.3 Å². The first kappa shape index (κ1) is 32.7. The minimum atomic E-state index is -4.79. The highest BCUT2D eigenvalue weighted by atomic mass is 19.4. The summed E-state index contributed by atoms with van der Waals surface area (Å²) in [6.07, 6.45) is -3.69. The number of methoxy groups -OCH3 is 2. The van der Waals surface area contributed by atoms with Gasteiger partial charge in [-0.15, -0.1) is 0 Å². The molecule has 0 saturated carbocycles. The van der Waals surface area contributed by atoms with Crippen LogP contribution in [0.15, 0.2) is 48.7 Å². The highest BCUT2D eigenvalue weighted by Gasteiger charge is 2.39. The molecule has 2 heterocycles. The first-order valence-electron chi connectivity index (χ1n) is 13.9. The smallest absolute Gasteiger partial charge is 0.433 e. The Bertz CT molecular complexity index is 1620. The molecule has 0 aliphatic rings. The second-order valence-corrected chi connectivity index (χ2v) is 10.6. The Balaban J connectivity index is 1.71. The number of aliphatic hydroxyl groups is 1. The van der Waals surface area contributed by atoms with Gasteiger partial charge in [0, 0.05) is 35.8 Å². The third-order valence-electron chi connectivity index (χ3n) is 7.59. The molecule has 2 aromatic heterocycles. The number of hydrogen-bond donors (Lipinski definition) is 1. The number of aliphatic hydroxyl groups excluding tert-OH is 1. The van der Waals surface area contributed by atoms with Crippen molar-refractivity contribution in [3.05, 3.63) is 76.9 Å². The van der Waals surface area contributed by atoms with Crippen molar-refractivity contribution in [3.8, 4) is 22.8 Å². The number of alkyl halides is 3. The molecule has 236 valence electrons. The number of amides is 1. The van der Waals surface area contributed by atoms with Crippen LogP contribution in [0.1, 0.15) is 47.1 Å². The Morgan fingerprint density at radius 1 is 1.07 bits per heavy atom. The Hall–Kier alpha value is -4.23. The molecule has 4 aromatic rings. The van der Waals surface area contributed by atoms with Gasteiger partial charge in [0.25, 0.3) is 5.91 Å². The van der Waals surface area contributed by atoms with Crippen LogP contribution < -0.4 is 9.47 Å². The first-order valence-corrected chi connectivity index (χ1v) is 13.9. The molecule has 44 heavy (non-hydrogen) atoms. The van der Waals surface area contributed by atoms with Gasteiger partial charge in [0.15, 0.2) is 11.3 Å². The van der Waals surface area contributed by atoms with Crippen LogP contribution in [0.2, 0.25) is 0 Å². The van der Waals surface area contributed by atoms with Crippen molar-refractivity contribution >= 4 is 11.6 Å². The Morgan fingerprint density at radius 3 is 2.32 bits per heavy atom. The van der Waals surface area contributed by atoms with E-state index < -0.39 is 36.2 Å². The molecule has 0 aliphatic carbocycles. The SMILES string of the molecule is COc1ccc(-c2nc3c(C(=O)N(CCN(C)C(CO)c4c(F)cccc4OC)C(C)C)cnn3c(C(F)(F)F)c2C)cc1. The van der Waals surface area contributed by atoms with Crippen LogP contribution in [0, 0.1) is 12.7 Å². The number of aromatic nitrogens is 3. The molecule has 0 radical (unpaired) electrons. The normalized spacial score (nSPS) is 12.7. The first-order chi connectivity index (χ1) is 20.8. The van der Waals surface area contributed by atoms with Gasteiger partial charge in [-0.1, -0.05) is 6.07 Å². The summed E-state index contributed by atoms with van der Waals surface area (Å²) in [6, 6.07) is 9.65. The average Bonchev–Trinajstić information content (AvgIpc) is 3.40. The van der Waals surface area contributed by atoms with Gasteiger partial charge in [0.2, 0.25) is 0 Å². The second kappa shape index (κ2) is 13.2. The van der Waals surface area contributed by atoms with Crippen molar-refractivity contribution in [2.24, 2.45) is 0 Å². The highest BCUT2D eigenvalue weighted by molar-refractivity contribution is 6.00. The van der Waals surface area contributed by atoms with Gasteiger partial charge in [-0.3, -0.25) is 9.69 Å². The summed E-state index contributed by atoms with van der Waals surface area (Å²) in [5.41, 5.74) is -0.862. The summed E-state index contributed by atoms with van der Waals surface area (Å²) in [7, 11) is 4.56. The summed E-state index contributed by atoms with van der Waals surface area (Å²) in [6.45, 7) is 4.75. The summed E-state index contributed by atoms with van der Waals surface area (Å²) in [5.74, 6) is -0.322. The minimum absolute atomic E-state index is 0.0579. The van der Waals surface area contributed by atoms with Crippen LogP contribution in [-0.4, -0.2) is 82.4 Å². The molecule has 0 fully saturated rings. The quantitative estimate of drug-likeness (QED) is 0.226. The average molecular weight is 618 g/mol. The van der Waals surface area contributed by atoms with Gasteiger partial charge in [-0.25, -0.2) is 13.9 Å². The summed E-state index contributed by atoms with van der Waals surface area (Å²) in [4.78, 5) is 21.6. The van der Waals surface area contributed by atoms with Crippen LogP contribution in [-0.2, 0) is 6.18 Å². The maximum Gasteiger partial charge on any atom is 0.433 e. The number of carbonyl (C=O) groups excluding carboxylic acids is 1. The minimum Gasteiger partial charge on any atom is -0.497 e. The molecule has 0 spiro atoms. The number of likely N-dealkylation sites (N-methyl/N-ethyl adjacent to an activating group) is 1. The Morgan fingerprint density at radius 2 is 1.75 bits per heavy atom. The number of halogens is 4. The third kappa shape index (κ3) is 6.34. The van der Waals surface area contributed by atoms with E-state index in [0.717, 1.165) is 6.20 Å².